The molecule has 102 valence electrons. The number of carbonyl (C=O) groups excluding carboxylic acids is 2. The van der Waals surface area contributed by atoms with Crippen LogP contribution >= 0.6 is 0 Å². The van der Waals surface area contributed by atoms with Gasteiger partial charge in [0.15, 0.2) is 0 Å². The van der Waals surface area contributed by atoms with Crippen molar-refractivity contribution in [2.45, 2.75) is 57.2 Å². The quantitative estimate of drug-likeness (QED) is 0.668. The van der Waals surface area contributed by atoms with Crippen LogP contribution in [0.25, 0.3) is 0 Å². The molecule has 0 aliphatic carbocycles. The molecule has 3 atom stereocenters. The molecule has 2 heterocycles. The maximum Gasteiger partial charge on any atom is 0.242 e. The van der Waals surface area contributed by atoms with Crippen molar-refractivity contribution >= 4 is 11.8 Å². The van der Waals surface area contributed by atoms with E-state index >= 15 is 0 Å². The topological polar surface area (TPSA) is 70.2 Å². The molecule has 0 aromatic rings. The predicted octanol–water partition coefficient (Wildman–Crippen LogP) is 0.158. The molecular weight excluding hydrogens is 230 g/mol. The molecule has 18 heavy (non-hydrogen) atoms. The fourth-order valence-corrected chi connectivity index (χ4v) is 3.19. The second-order valence-corrected chi connectivity index (χ2v) is 5.58. The standard InChI is InChI=1S/C13H23N3O2/c1-8(13(18)14-2)15-12(17)7-9-5-10-3-4-11(6-9)16-10/h8-11,16H,3-7H2,1-2H3,(H,14,18)(H,15,17). The summed E-state index contributed by atoms with van der Waals surface area (Å²) in [6, 6.07) is 0.775. The lowest BCUT2D eigenvalue weighted by Crippen LogP contribution is -2.45. The van der Waals surface area contributed by atoms with Gasteiger partial charge in [-0.15, -0.1) is 0 Å². The van der Waals surface area contributed by atoms with Crippen LogP contribution in [0.2, 0.25) is 0 Å². The normalized spacial score (nSPS) is 31.8. The third-order valence-corrected chi connectivity index (χ3v) is 4.06. The van der Waals surface area contributed by atoms with E-state index in [4.69, 9.17) is 0 Å². The summed E-state index contributed by atoms with van der Waals surface area (Å²) in [5.41, 5.74) is 0. The molecule has 2 saturated heterocycles. The van der Waals surface area contributed by atoms with Crippen molar-refractivity contribution in [2.75, 3.05) is 7.05 Å². The number of nitrogens with one attached hydrogen (secondary N) is 3. The van der Waals surface area contributed by atoms with Gasteiger partial charge < -0.3 is 16.0 Å². The first-order valence-electron chi connectivity index (χ1n) is 6.85. The lowest BCUT2D eigenvalue weighted by atomic mass is 9.89. The summed E-state index contributed by atoms with van der Waals surface area (Å²) in [7, 11) is 1.58. The summed E-state index contributed by atoms with van der Waals surface area (Å²) in [4.78, 5) is 23.2. The van der Waals surface area contributed by atoms with Gasteiger partial charge in [-0.05, 0) is 38.5 Å². The minimum absolute atomic E-state index is 0.00241. The zero-order chi connectivity index (χ0) is 13.1. The Labute approximate surface area is 108 Å². The zero-order valence-electron chi connectivity index (χ0n) is 11.2. The molecule has 5 nitrogen and oxygen atoms in total. The number of amides is 2. The van der Waals surface area contributed by atoms with Crippen LogP contribution in [0.15, 0.2) is 0 Å². The van der Waals surface area contributed by atoms with Crippen molar-refractivity contribution < 1.29 is 9.59 Å². The van der Waals surface area contributed by atoms with Crippen molar-refractivity contribution in [3.05, 3.63) is 0 Å². The maximum atomic E-state index is 11.9. The van der Waals surface area contributed by atoms with Crippen LogP contribution in [0.4, 0.5) is 0 Å². The van der Waals surface area contributed by atoms with Gasteiger partial charge in [-0.3, -0.25) is 9.59 Å². The maximum absolute atomic E-state index is 11.9. The number of rotatable bonds is 4. The van der Waals surface area contributed by atoms with Crippen molar-refractivity contribution in [3.63, 3.8) is 0 Å². The second kappa shape index (κ2) is 5.69. The number of hydrogen-bond donors (Lipinski definition) is 3. The van der Waals surface area contributed by atoms with Crippen LogP contribution < -0.4 is 16.0 Å². The molecule has 0 radical (unpaired) electrons. The highest BCUT2D eigenvalue weighted by atomic mass is 16.2. The van der Waals surface area contributed by atoms with E-state index in [1.165, 1.54) is 12.8 Å². The van der Waals surface area contributed by atoms with E-state index in [9.17, 15) is 9.59 Å². The largest absolute Gasteiger partial charge is 0.357 e. The van der Waals surface area contributed by atoms with E-state index in [2.05, 4.69) is 16.0 Å². The minimum Gasteiger partial charge on any atom is -0.357 e. The third-order valence-electron chi connectivity index (χ3n) is 4.06. The van der Waals surface area contributed by atoms with E-state index < -0.39 is 6.04 Å². The highest BCUT2D eigenvalue weighted by Gasteiger charge is 2.34. The van der Waals surface area contributed by atoms with E-state index in [0.717, 1.165) is 12.8 Å². The Kier molecular flexibility index (Phi) is 4.22. The summed E-state index contributed by atoms with van der Waals surface area (Å²) in [6.07, 6.45) is 5.24. The van der Waals surface area contributed by atoms with Crippen molar-refractivity contribution in [3.8, 4) is 0 Å². The van der Waals surface area contributed by atoms with Gasteiger partial charge in [-0.2, -0.15) is 0 Å². The number of fused-ring (bicyclic) bond motifs is 2. The summed E-state index contributed by atoms with van der Waals surface area (Å²) in [5, 5.41) is 8.86. The fourth-order valence-electron chi connectivity index (χ4n) is 3.19. The van der Waals surface area contributed by atoms with Crippen molar-refractivity contribution in [2.24, 2.45) is 5.92 Å². The molecule has 2 fully saturated rings. The smallest absolute Gasteiger partial charge is 0.242 e. The van der Waals surface area contributed by atoms with Crippen LogP contribution in [0.5, 0.6) is 0 Å². The van der Waals surface area contributed by atoms with E-state index in [0.29, 0.717) is 24.4 Å². The molecule has 5 heteroatoms. The Morgan fingerprint density at radius 1 is 1.28 bits per heavy atom. The first-order valence-corrected chi connectivity index (χ1v) is 6.85. The van der Waals surface area contributed by atoms with Crippen LogP contribution in [-0.4, -0.2) is 37.0 Å². The Morgan fingerprint density at radius 3 is 2.44 bits per heavy atom. The van der Waals surface area contributed by atoms with Crippen molar-refractivity contribution in [1.82, 2.24) is 16.0 Å². The first kappa shape index (κ1) is 13.3. The Bertz CT molecular complexity index is 320. The molecule has 2 amide bonds. The van der Waals surface area contributed by atoms with Gasteiger partial charge >= 0.3 is 0 Å². The number of hydrogen-bond acceptors (Lipinski definition) is 3. The molecule has 2 aliphatic heterocycles. The Hall–Kier alpha value is -1.10. The molecule has 3 unspecified atom stereocenters. The second-order valence-electron chi connectivity index (χ2n) is 5.58. The monoisotopic (exact) mass is 253 g/mol. The third kappa shape index (κ3) is 3.22. The molecule has 0 aromatic heterocycles. The van der Waals surface area contributed by atoms with Gasteiger partial charge in [-0.25, -0.2) is 0 Å². The fraction of sp³-hybridized carbons (Fsp3) is 0.846. The van der Waals surface area contributed by atoms with Crippen LogP contribution in [0, 0.1) is 5.92 Å². The summed E-state index contributed by atoms with van der Waals surface area (Å²) in [6.45, 7) is 1.71. The van der Waals surface area contributed by atoms with Gasteiger partial charge in [0.2, 0.25) is 11.8 Å². The van der Waals surface area contributed by atoms with Crippen LogP contribution in [0.1, 0.15) is 39.0 Å². The number of likely N-dealkylation sites (N-methyl/N-ethyl adjacent to an activating group) is 1. The molecule has 0 spiro atoms. The lowest BCUT2D eigenvalue weighted by Gasteiger charge is -2.28. The van der Waals surface area contributed by atoms with Gasteiger partial charge in [0, 0.05) is 25.6 Å². The van der Waals surface area contributed by atoms with E-state index in [-0.39, 0.29) is 11.8 Å². The van der Waals surface area contributed by atoms with Crippen molar-refractivity contribution in [1.29, 1.82) is 0 Å². The van der Waals surface area contributed by atoms with Gasteiger partial charge in [-0.1, -0.05) is 0 Å². The van der Waals surface area contributed by atoms with E-state index in [1.54, 1.807) is 14.0 Å². The molecule has 0 saturated carbocycles. The van der Waals surface area contributed by atoms with Crippen LogP contribution in [-0.2, 0) is 9.59 Å². The molecule has 0 aromatic carbocycles. The number of piperidine rings is 1. The highest BCUT2D eigenvalue weighted by molar-refractivity contribution is 5.87. The predicted molar refractivity (Wildman–Crippen MR) is 69.0 cm³/mol. The molecule has 3 N–H and O–H groups in total. The molecule has 2 aliphatic rings. The molecular formula is C13H23N3O2. The highest BCUT2D eigenvalue weighted by Crippen LogP contribution is 2.32. The van der Waals surface area contributed by atoms with Gasteiger partial charge in [0.1, 0.15) is 6.04 Å². The summed E-state index contributed by atoms with van der Waals surface area (Å²) < 4.78 is 0. The minimum atomic E-state index is -0.444. The van der Waals surface area contributed by atoms with Gasteiger partial charge in [0.25, 0.3) is 0 Å². The number of carbonyl (C=O) groups is 2. The lowest BCUT2D eigenvalue weighted by molar-refractivity contribution is -0.128. The van der Waals surface area contributed by atoms with E-state index in [1.807, 2.05) is 0 Å². The van der Waals surface area contributed by atoms with Crippen LogP contribution in [0.3, 0.4) is 0 Å². The summed E-state index contributed by atoms with van der Waals surface area (Å²) in [5.74, 6) is 0.326. The first-order chi connectivity index (χ1) is 8.58. The Balaban J connectivity index is 1.76. The average Bonchev–Trinajstić information content (AvgIpc) is 2.67. The molecule has 2 bridgehead atoms. The summed E-state index contributed by atoms with van der Waals surface area (Å²) >= 11 is 0. The average molecular weight is 253 g/mol. The Morgan fingerprint density at radius 2 is 1.89 bits per heavy atom. The van der Waals surface area contributed by atoms with Gasteiger partial charge in [0.05, 0.1) is 0 Å². The zero-order valence-corrected chi connectivity index (χ0v) is 11.2. The SMILES string of the molecule is CNC(=O)C(C)NC(=O)CC1CC2CCC(C1)N2. The molecule has 2 rings (SSSR count).